The molecule has 158 valence electrons. The van der Waals surface area contributed by atoms with Crippen molar-refractivity contribution in [3.05, 3.63) is 52.3 Å². The van der Waals surface area contributed by atoms with E-state index in [9.17, 15) is 9.59 Å². The van der Waals surface area contributed by atoms with Gasteiger partial charge in [0.25, 0.3) is 5.56 Å². The van der Waals surface area contributed by atoms with Gasteiger partial charge in [0, 0.05) is 30.3 Å². The highest BCUT2D eigenvalue weighted by molar-refractivity contribution is 7.99. The standard InChI is InChI=1S/C20H22ClN5O2S2/c1-4-11-26-18(28)16-17(23-19(30-16)25(5-2)6-3)24-20(26)29-12-15(27)22-14-9-7-13(21)8-10-14/h4,7-10H,1,5-6,11-12H2,2-3H3,(H,22,27). The molecule has 2 heterocycles. The van der Waals surface area contributed by atoms with E-state index in [4.69, 9.17) is 11.6 Å². The molecule has 0 unspecified atom stereocenters. The van der Waals surface area contributed by atoms with Crippen LogP contribution in [0, 0.1) is 0 Å². The lowest BCUT2D eigenvalue weighted by atomic mass is 10.3. The van der Waals surface area contributed by atoms with E-state index in [0.717, 1.165) is 18.2 Å². The zero-order valence-electron chi connectivity index (χ0n) is 16.7. The fraction of sp³-hybridized carbons (Fsp3) is 0.300. The van der Waals surface area contributed by atoms with Gasteiger partial charge >= 0.3 is 0 Å². The molecule has 0 fully saturated rings. The smallest absolute Gasteiger partial charge is 0.274 e. The van der Waals surface area contributed by atoms with E-state index in [1.807, 2.05) is 13.8 Å². The Morgan fingerprint density at radius 3 is 2.63 bits per heavy atom. The monoisotopic (exact) mass is 463 g/mol. The van der Waals surface area contributed by atoms with Gasteiger partial charge in [0.05, 0.1) is 5.75 Å². The third-order valence-corrected chi connectivity index (χ3v) is 6.60. The van der Waals surface area contributed by atoms with Gasteiger partial charge in [-0.25, -0.2) is 4.98 Å². The Balaban J connectivity index is 1.85. The van der Waals surface area contributed by atoms with E-state index in [1.54, 1.807) is 30.3 Å². The molecule has 3 aromatic rings. The van der Waals surface area contributed by atoms with Gasteiger partial charge in [-0.2, -0.15) is 4.98 Å². The van der Waals surface area contributed by atoms with Crippen molar-refractivity contribution in [2.75, 3.05) is 29.1 Å². The Morgan fingerprint density at radius 2 is 2.00 bits per heavy atom. The van der Waals surface area contributed by atoms with Crippen molar-refractivity contribution in [2.45, 2.75) is 25.5 Å². The molecule has 7 nitrogen and oxygen atoms in total. The number of thioether (sulfide) groups is 1. The average Bonchev–Trinajstić information content (AvgIpc) is 3.15. The minimum atomic E-state index is -0.205. The van der Waals surface area contributed by atoms with E-state index in [1.165, 1.54) is 27.7 Å². The van der Waals surface area contributed by atoms with Gasteiger partial charge < -0.3 is 10.2 Å². The summed E-state index contributed by atoms with van der Waals surface area (Å²) < 4.78 is 2.04. The van der Waals surface area contributed by atoms with Gasteiger partial charge in [0.1, 0.15) is 4.70 Å². The zero-order valence-corrected chi connectivity index (χ0v) is 19.1. The number of carbonyl (C=O) groups is 1. The molecular weight excluding hydrogens is 442 g/mol. The molecule has 0 saturated carbocycles. The van der Waals surface area contributed by atoms with Crippen LogP contribution in [0.5, 0.6) is 0 Å². The first-order chi connectivity index (χ1) is 14.5. The van der Waals surface area contributed by atoms with Gasteiger partial charge in [-0.15, -0.1) is 6.58 Å². The Kier molecular flexibility index (Phi) is 7.52. The zero-order chi connectivity index (χ0) is 21.7. The highest BCUT2D eigenvalue weighted by Crippen LogP contribution is 2.27. The summed E-state index contributed by atoms with van der Waals surface area (Å²) in [6, 6.07) is 6.87. The summed E-state index contributed by atoms with van der Waals surface area (Å²) in [5.41, 5.74) is 0.893. The van der Waals surface area contributed by atoms with Crippen LogP contribution in [0.3, 0.4) is 0 Å². The van der Waals surface area contributed by atoms with Gasteiger partial charge in [-0.05, 0) is 38.1 Å². The van der Waals surface area contributed by atoms with Gasteiger partial charge in [-0.1, -0.05) is 40.8 Å². The summed E-state index contributed by atoms with van der Waals surface area (Å²) in [6.45, 7) is 9.71. The number of thiazole rings is 1. The second kappa shape index (κ2) is 10.1. The molecule has 2 aromatic heterocycles. The number of amides is 1. The van der Waals surface area contributed by atoms with Crippen LogP contribution in [0.1, 0.15) is 13.8 Å². The van der Waals surface area contributed by atoms with Crippen LogP contribution >= 0.6 is 34.7 Å². The van der Waals surface area contributed by atoms with E-state index in [-0.39, 0.29) is 17.2 Å². The number of benzene rings is 1. The number of nitrogens with zero attached hydrogens (tertiary/aromatic N) is 4. The Labute approximate surface area is 187 Å². The lowest BCUT2D eigenvalue weighted by Crippen LogP contribution is -2.23. The van der Waals surface area contributed by atoms with Crippen molar-refractivity contribution in [1.82, 2.24) is 14.5 Å². The SMILES string of the molecule is C=CCn1c(SCC(=O)Nc2ccc(Cl)cc2)nc2nc(N(CC)CC)sc2c1=O. The van der Waals surface area contributed by atoms with Crippen molar-refractivity contribution >= 4 is 61.8 Å². The number of nitrogens with one attached hydrogen (secondary N) is 1. The first-order valence-corrected chi connectivity index (χ1v) is 11.6. The lowest BCUT2D eigenvalue weighted by Gasteiger charge is -2.15. The maximum atomic E-state index is 13.0. The molecule has 30 heavy (non-hydrogen) atoms. The van der Waals surface area contributed by atoms with E-state index >= 15 is 0 Å². The molecule has 0 atom stereocenters. The van der Waals surface area contributed by atoms with Crippen LogP contribution < -0.4 is 15.8 Å². The van der Waals surface area contributed by atoms with Crippen molar-refractivity contribution in [1.29, 1.82) is 0 Å². The molecule has 0 aliphatic rings. The molecular formula is C20H22ClN5O2S2. The summed E-state index contributed by atoms with van der Waals surface area (Å²) >= 11 is 8.40. The molecule has 1 aromatic carbocycles. The molecule has 1 amide bonds. The number of allylic oxidation sites excluding steroid dienone is 1. The van der Waals surface area contributed by atoms with E-state index in [2.05, 4.69) is 26.8 Å². The number of anilines is 2. The number of hydrogen-bond acceptors (Lipinski definition) is 7. The third kappa shape index (κ3) is 5.03. The number of halogens is 1. The van der Waals surface area contributed by atoms with E-state index < -0.39 is 0 Å². The Morgan fingerprint density at radius 1 is 1.30 bits per heavy atom. The normalized spacial score (nSPS) is 10.9. The van der Waals surface area contributed by atoms with Crippen LogP contribution in [0.15, 0.2) is 46.9 Å². The molecule has 0 saturated heterocycles. The minimum Gasteiger partial charge on any atom is -0.349 e. The predicted molar refractivity (Wildman–Crippen MR) is 126 cm³/mol. The number of aromatic nitrogens is 3. The molecule has 1 N–H and O–H groups in total. The maximum absolute atomic E-state index is 13.0. The van der Waals surface area contributed by atoms with Crippen molar-refractivity contribution in [2.24, 2.45) is 0 Å². The van der Waals surface area contributed by atoms with Crippen molar-refractivity contribution in [3.8, 4) is 0 Å². The van der Waals surface area contributed by atoms with Crippen LogP contribution in [0.2, 0.25) is 5.02 Å². The minimum absolute atomic E-state index is 0.102. The topological polar surface area (TPSA) is 80.1 Å². The van der Waals surface area contributed by atoms with Crippen LogP contribution in [0.25, 0.3) is 10.3 Å². The molecule has 0 radical (unpaired) electrons. The first-order valence-electron chi connectivity index (χ1n) is 9.42. The second-order valence-electron chi connectivity index (χ2n) is 6.26. The summed E-state index contributed by atoms with van der Waals surface area (Å²) in [7, 11) is 0. The third-order valence-electron chi connectivity index (χ3n) is 4.28. The Bertz CT molecular complexity index is 1110. The van der Waals surface area contributed by atoms with Crippen LogP contribution in [0.4, 0.5) is 10.8 Å². The van der Waals surface area contributed by atoms with Crippen molar-refractivity contribution < 1.29 is 4.79 Å². The predicted octanol–water partition coefficient (Wildman–Crippen LogP) is 4.27. The molecule has 0 bridgehead atoms. The molecule has 3 rings (SSSR count). The number of carbonyl (C=O) groups excluding carboxylic acids is 1. The van der Waals surface area contributed by atoms with Crippen LogP contribution in [-0.2, 0) is 11.3 Å². The Hall–Kier alpha value is -2.36. The van der Waals surface area contributed by atoms with Gasteiger partial charge in [0.2, 0.25) is 5.91 Å². The van der Waals surface area contributed by atoms with Crippen molar-refractivity contribution in [3.63, 3.8) is 0 Å². The fourth-order valence-corrected chi connectivity index (χ4v) is 4.77. The quantitative estimate of drug-likeness (QED) is 0.290. The fourth-order valence-electron chi connectivity index (χ4n) is 2.77. The summed E-state index contributed by atoms with van der Waals surface area (Å²) in [5.74, 6) is -0.103. The molecule has 10 heteroatoms. The van der Waals surface area contributed by atoms with Gasteiger partial charge in [0.15, 0.2) is 15.9 Å². The lowest BCUT2D eigenvalue weighted by molar-refractivity contribution is -0.113. The highest BCUT2D eigenvalue weighted by Gasteiger charge is 2.18. The number of fused-ring (bicyclic) bond motifs is 1. The largest absolute Gasteiger partial charge is 0.349 e. The average molecular weight is 464 g/mol. The second-order valence-corrected chi connectivity index (χ2v) is 8.62. The van der Waals surface area contributed by atoms with Crippen LogP contribution in [-0.4, -0.2) is 39.3 Å². The number of rotatable bonds is 9. The maximum Gasteiger partial charge on any atom is 0.274 e. The van der Waals surface area contributed by atoms with E-state index in [0.29, 0.717) is 32.8 Å². The first kappa shape index (κ1) is 22.3. The summed E-state index contributed by atoms with van der Waals surface area (Å²) in [6.07, 6.45) is 1.64. The number of hydrogen-bond donors (Lipinski definition) is 1. The highest BCUT2D eigenvalue weighted by atomic mass is 35.5. The van der Waals surface area contributed by atoms with Gasteiger partial charge in [-0.3, -0.25) is 14.2 Å². The molecule has 0 aliphatic heterocycles. The summed E-state index contributed by atoms with van der Waals surface area (Å²) in [5, 5.41) is 4.61. The molecule has 0 aliphatic carbocycles. The summed E-state index contributed by atoms with van der Waals surface area (Å²) in [4.78, 5) is 36.6. The molecule has 0 spiro atoms.